The highest BCUT2D eigenvalue weighted by Gasteiger charge is 2.55. The first-order chi connectivity index (χ1) is 11.1. The van der Waals surface area contributed by atoms with Crippen molar-refractivity contribution in [3.05, 3.63) is 0 Å². The van der Waals surface area contributed by atoms with Gasteiger partial charge < -0.3 is 9.84 Å². The van der Waals surface area contributed by atoms with Gasteiger partial charge in [-0.2, -0.15) is 13.2 Å². The number of rotatable bonds is 6. The molecule has 0 amide bonds. The van der Waals surface area contributed by atoms with E-state index in [9.17, 15) is 26.7 Å². The number of ether oxygens (including phenoxy) is 1. The minimum Gasteiger partial charge on any atom is -0.367 e. The van der Waals surface area contributed by atoms with Crippen molar-refractivity contribution in [3.63, 3.8) is 0 Å². The van der Waals surface area contributed by atoms with Gasteiger partial charge in [-0.05, 0) is 49.9 Å². The molecule has 0 spiro atoms. The fourth-order valence-electron chi connectivity index (χ4n) is 5.16. The molecule has 2 N–H and O–H groups in total. The summed E-state index contributed by atoms with van der Waals surface area (Å²) in [7, 11) is -5.36. The molecule has 3 fully saturated rings. The lowest BCUT2D eigenvalue weighted by Gasteiger charge is -2.58. The summed E-state index contributed by atoms with van der Waals surface area (Å²) in [6, 6.07) is 0. The third kappa shape index (κ3) is 3.32. The molecule has 0 radical (unpaired) electrons. The van der Waals surface area contributed by atoms with Crippen molar-refractivity contribution >= 4 is 10.0 Å². The quantitative estimate of drug-likeness (QED) is 0.555. The fraction of sp³-hybridized carbons (Fsp3) is 1.00. The van der Waals surface area contributed by atoms with Gasteiger partial charge in [-0.15, -0.1) is 0 Å². The number of aliphatic hydroxyl groups excluding tert-OH is 1. The van der Waals surface area contributed by atoms with Crippen molar-refractivity contribution in [1.29, 1.82) is 0 Å². The normalized spacial score (nSPS) is 37.4. The molecule has 0 heterocycles. The molecule has 0 aromatic heterocycles. The van der Waals surface area contributed by atoms with Crippen LogP contribution in [0.3, 0.4) is 0 Å². The van der Waals surface area contributed by atoms with Gasteiger partial charge in [-0.25, -0.2) is 13.1 Å². The molecule has 0 aliphatic heterocycles. The zero-order valence-electron chi connectivity index (χ0n) is 13.4. The van der Waals surface area contributed by atoms with Crippen LogP contribution in [0.2, 0.25) is 0 Å². The van der Waals surface area contributed by atoms with Gasteiger partial charge in [-0.3, -0.25) is 0 Å². The van der Waals surface area contributed by atoms with Crippen LogP contribution in [0.25, 0.3) is 0 Å². The summed E-state index contributed by atoms with van der Waals surface area (Å²) in [6.07, 6.45) is 6.47. The van der Waals surface area contributed by atoms with Gasteiger partial charge in [0.2, 0.25) is 0 Å². The minimum absolute atomic E-state index is 0.278. The zero-order chi connectivity index (χ0) is 17.6. The van der Waals surface area contributed by atoms with Crippen LogP contribution < -0.4 is 4.72 Å². The third-order valence-corrected chi connectivity index (χ3v) is 7.32. The highest BCUT2D eigenvalue weighted by atomic mass is 32.2. The molecule has 140 valence electrons. The van der Waals surface area contributed by atoms with Crippen LogP contribution in [0.5, 0.6) is 0 Å². The van der Waals surface area contributed by atoms with Gasteiger partial charge in [0.05, 0.1) is 6.61 Å². The second-order valence-electron chi connectivity index (χ2n) is 7.53. The third-order valence-electron chi connectivity index (χ3n) is 6.13. The Bertz CT molecular complexity index is 550. The lowest BCUT2D eigenvalue weighted by atomic mass is 9.49. The van der Waals surface area contributed by atoms with Crippen molar-refractivity contribution in [2.24, 2.45) is 23.2 Å². The Morgan fingerprint density at radius 1 is 1.17 bits per heavy atom. The molecule has 3 aliphatic rings. The van der Waals surface area contributed by atoms with E-state index >= 15 is 0 Å². The molecule has 24 heavy (non-hydrogen) atoms. The van der Waals surface area contributed by atoms with E-state index < -0.39 is 28.4 Å². The Hall–Kier alpha value is -0.380. The van der Waals surface area contributed by atoms with Crippen LogP contribution in [0, 0.1) is 23.2 Å². The number of halogens is 3. The minimum atomic E-state index is -5.36. The predicted octanol–water partition coefficient (Wildman–Crippen LogP) is 2.37. The van der Waals surface area contributed by atoms with E-state index in [0.717, 1.165) is 25.7 Å². The molecular formula is C15H24F3NO4S. The molecule has 0 saturated heterocycles. The van der Waals surface area contributed by atoms with Crippen LogP contribution in [-0.4, -0.2) is 38.5 Å². The summed E-state index contributed by atoms with van der Waals surface area (Å²) < 4.78 is 65.4. The average molecular weight is 371 g/mol. The monoisotopic (exact) mass is 371 g/mol. The number of hydrogen-bond acceptors (Lipinski definition) is 4. The number of aliphatic hydroxyl groups is 1. The van der Waals surface area contributed by atoms with Crippen LogP contribution in [0.15, 0.2) is 0 Å². The number of sulfonamides is 1. The Morgan fingerprint density at radius 2 is 1.75 bits per heavy atom. The average Bonchev–Trinajstić information content (AvgIpc) is 2.48. The van der Waals surface area contributed by atoms with Gasteiger partial charge >= 0.3 is 15.5 Å². The molecule has 3 bridgehead atoms. The Labute approximate surface area is 140 Å². The molecule has 3 rings (SSSR count). The summed E-state index contributed by atoms with van der Waals surface area (Å²) in [5.74, 6) is 1.59. The molecule has 9 heteroatoms. The second kappa shape index (κ2) is 6.41. The molecule has 3 unspecified atom stereocenters. The summed E-state index contributed by atoms with van der Waals surface area (Å²) in [5, 5.41) is 10.6. The zero-order valence-corrected chi connectivity index (χ0v) is 14.2. The lowest BCUT2D eigenvalue weighted by Crippen LogP contribution is -2.54. The van der Waals surface area contributed by atoms with E-state index in [0.29, 0.717) is 17.8 Å². The highest BCUT2D eigenvalue weighted by Crippen LogP contribution is 2.61. The lowest BCUT2D eigenvalue weighted by molar-refractivity contribution is -0.237. The first kappa shape index (κ1) is 18.4. The Kier molecular flexibility index (Phi) is 4.92. The Balaban J connectivity index is 1.55. The molecular weight excluding hydrogens is 347 g/mol. The van der Waals surface area contributed by atoms with Gasteiger partial charge in [0.25, 0.3) is 0 Å². The topological polar surface area (TPSA) is 75.6 Å². The van der Waals surface area contributed by atoms with Gasteiger partial charge in [0.15, 0.2) is 6.29 Å². The largest absolute Gasteiger partial charge is 0.511 e. The smallest absolute Gasteiger partial charge is 0.367 e. The summed E-state index contributed by atoms with van der Waals surface area (Å²) in [5.41, 5.74) is -5.63. The summed E-state index contributed by atoms with van der Waals surface area (Å²) >= 11 is 0. The van der Waals surface area contributed by atoms with Crippen molar-refractivity contribution in [2.45, 2.75) is 56.7 Å². The van der Waals surface area contributed by atoms with Gasteiger partial charge in [-0.1, -0.05) is 12.8 Å². The van der Waals surface area contributed by atoms with E-state index in [1.807, 2.05) is 0 Å². The summed E-state index contributed by atoms with van der Waals surface area (Å²) in [6.45, 7) is -0.785. The van der Waals surface area contributed by atoms with Crippen LogP contribution in [0.4, 0.5) is 13.2 Å². The van der Waals surface area contributed by atoms with E-state index in [2.05, 4.69) is 0 Å². The SMILES string of the molecule is O=S(=O)(NCCOC(O)C12CC3CCC1CCC(C3)C2)C(F)(F)F. The standard InChI is InChI=1S/C15H24F3NO4S/c16-15(17,18)24(21,22)19-5-6-23-13(20)14-8-10-1-3-12(14)4-2-11(7-10)9-14/h10-13,19-20H,1-9H2. The predicted molar refractivity (Wildman–Crippen MR) is 80.2 cm³/mol. The van der Waals surface area contributed by atoms with E-state index in [1.54, 1.807) is 0 Å². The maximum Gasteiger partial charge on any atom is 0.511 e. The molecule has 0 aromatic carbocycles. The molecule has 0 aromatic rings. The number of hydrogen-bond donors (Lipinski definition) is 2. The van der Waals surface area contributed by atoms with E-state index in [4.69, 9.17) is 4.74 Å². The molecule has 5 nitrogen and oxygen atoms in total. The number of fused-ring (bicyclic) bond motifs is 2. The maximum atomic E-state index is 12.2. The van der Waals surface area contributed by atoms with Crippen molar-refractivity contribution in [2.75, 3.05) is 13.2 Å². The number of alkyl halides is 3. The fourth-order valence-corrected chi connectivity index (χ4v) is 5.68. The first-order valence-corrected chi connectivity index (χ1v) is 9.98. The number of nitrogens with one attached hydrogen (secondary N) is 1. The molecule has 3 aliphatic carbocycles. The maximum absolute atomic E-state index is 12.2. The van der Waals surface area contributed by atoms with Crippen LogP contribution in [0.1, 0.15) is 44.9 Å². The first-order valence-electron chi connectivity index (χ1n) is 8.50. The van der Waals surface area contributed by atoms with Gasteiger partial charge in [0.1, 0.15) is 0 Å². The van der Waals surface area contributed by atoms with Crippen molar-refractivity contribution in [3.8, 4) is 0 Å². The van der Waals surface area contributed by atoms with Crippen LogP contribution >= 0.6 is 0 Å². The van der Waals surface area contributed by atoms with Crippen molar-refractivity contribution in [1.82, 2.24) is 4.72 Å². The van der Waals surface area contributed by atoms with E-state index in [1.165, 1.54) is 24.0 Å². The highest BCUT2D eigenvalue weighted by molar-refractivity contribution is 7.90. The molecule has 3 atom stereocenters. The van der Waals surface area contributed by atoms with E-state index in [-0.39, 0.29) is 12.0 Å². The Morgan fingerprint density at radius 3 is 2.29 bits per heavy atom. The van der Waals surface area contributed by atoms with Crippen molar-refractivity contribution < 1.29 is 31.4 Å². The van der Waals surface area contributed by atoms with Gasteiger partial charge in [0, 0.05) is 12.0 Å². The second-order valence-corrected chi connectivity index (χ2v) is 9.29. The summed E-state index contributed by atoms with van der Waals surface area (Å²) in [4.78, 5) is 0. The van der Waals surface area contributed by atoms with Crippen LogP contribution in [-0.2, 0) is 14.8 Å². The molecule has 3 saturated carbocycles.